The van der Waals surface area contributed by atoms with Crippen LogP contribution in [0.15, 0.2) is 21.0 Å². The molecule has 0 unspecified atom stereocenters. The second kappa shape index (κ2) is 9.79. The Morgan fingerprint density at radius 1 is 0.864 bits per heavy atom. The Kier molecular flexibility index (Phi) is 8.81. The molecular weight excluding hydrogens is 379 g/mol. The Labute approximate surface area is 141 Å². The van der Waals surface area contributed by atoms with E-state index in [0.29, 0.717) is 0 Å². The van der Waals surface area contributed by atoms with Crippen LogP contribution in [0.5, 0.6) is 0 Å². The fourth-order valence-corrected chi connectivity index (χ4v) is 18.0. The van der Waals surface area contributed by atoms with Crippen molar-refractivity contribution < 1.29 is 9.53 Å². The van der Waals surface area contributed by atoms with Crippen molar-refractivity contribution in [3.8, 4) is 0 Å². The van der Waals surface area contributed by atoms with Gasteiger partial charge in [-0.1, -0.05) is 0 Å². The van der Waals surface area contributed by atoms with E-state index < -0.39 is 18.4 Å². The third-order valence-electron chi connectivity index (χ3n) is 4.96. The van der Waals surface area contributed by atoms with E-state index in [4.69, 9.17) is 4.74 Å². The van der Waals surface area contributed by atoms with Crippen molar-refractivity contribution in [3.05, 3.63) is 21.0 Å². The number of hydrogen-bond acceptors (Lipinski definition) is 2. The Balaban J connectivity index is 3.07. The first-order valence-corrected chi connectivity index (χ1v) is 16.8. The Morgan fingerprint density at radius 2 is 1.32 bits per heavy atom. The molecule has 2 nitrogen and oxygen atoms in total. The average molecular weight is 413 g/mol. The second-order valence-corrected chi connectivity index (χ2v) is 19.7. The molecule has 0 aromatic heterocycles. The SMILES string of the molecule is CCC[CH2][Sn](/[CH]=C1/OC(=O)C(C)=C1C)([CH2]CCC)[CH2]CCC. The summed E-state index contributed by atoms with van der Waals surface area (Å²) in [5.74, 6) is 0.784. The number of cyclic esters (lactones) is 1. The van der Waals surface area contributed by atoms with E-state index >= 15 is 0 Å². The zero-order valence-corrected chi connectivity index (χ0v) is 18.1. The molecule has 0 bridgehead atoms. The molecular formula is C19H34O2Sn. The van der Waals surface area contributed by atoms with Crippen molar-refractivity contribution in [2.45, 2.75) is 86.5 Å². The molecule has 0 fully saturated rings. The van der Waals surface area contributed by atoms with Crippen LogP contribution in [0.1, 0.15) is 73.1 Å². The Bertz CT molecular complexity index is 413. The van der Waals surface area contributed by atoms with Crippen molar-refractivity contribution >= 4 is 24.3 Å². The molecule has 22 heavy (non-hydrogen) atoms. The fourth-order valence-electron chi connectivity index (χ4n) is 3.18. The quantitative estimate of drug-likeness (QED) is 0.317. The zero-order valence-electron chi connectivity index (χ0n) is 15.3. The predicted molar refractivity (Wildman–Crippen MR) is 97.4 cm³/mol. The number of ether oxygens (including phenoxy) is 1. The minimum absolute atomic E-state index is 0.134. The zero-order chi connectivity index (χ0) is 16.6. The van der Waals surface area contributed by atoms with Crippen molar-refractivity contribution in [2.24, 2.45) is 0 Å². The van der Waals surface area contributed by atoms with Crippen LogP contribution in [0.2, 0.25) is 13.3 Å². The van der Waals surface area contributed by atoms with Crippen LogP contribution in [-0.4, -0.2) is 24.3 Å². The van der Waals surface area contributed by atoms with Gasteiger partial charge in [0.2, 0.25) is 0 Å². The van der Waals surface area contributed by atoms with Gasteiger partial charge in [-0.3, -0.25) is 0 Å². The summed E-state index contributed by atoms with van der Waals surface area (Å²) in [5, 5.41) is 0. The summed E-state index contributed by atoms with van der Waals surface area (Å²) in [6.07, 6.45) is 7.82. The molecule has 0 aliphatic carbocycles. The molecule has 1 rings (SSSR count). The molecule has 0 aromatic carbocycles. The summed E-state index contributed by atoms with van der Waals surface area (Å²) in [6, 6.07) is 0. The van der Waals surface area contributed by atoms with E-state index in [1.807, 2.05) is 13.8 Å². The van der Waals surface area contributed by atoms with Crippen LogP contribution in [0.3, 0.4) is 0 Å². The summed E-state index contributed by atoms with van der Waals surface area (Å²) >= 11 is -2.37. The van der Waals surface area contributed by atoms with Crippen LogP contribution in [0.25, 0.3) is 0 Å². The molecule has 1 aliphatic rings. The van der Waals surface area contributed by atoms with E-state index in [1.54, 1.807) is 0 Å². The summed E-state index contributed by atoms with van der Waals surface area (Å²) in [6.45, 7) is 10.8. The van der Waals surface area contributed by atoms with Gasteiger partial charge in [-0.25, -0.2) is 0 Å². The third kappa shape index (κ3) is 5.43. The molecule has 0 spiro atoms. The molecule has 1 aliphatic heterocycles. The van der Waals surface area contributed by atoms with Crippen LogP contribution in [0.4, 0.5) is 0 Å². The summed E-state index contributed by atoms with van der Waals surface area (Å²) in [7, 11) is 0. The van der Waals surface area contributed by atoms with Gasteiger partial charge in [-0.2, -0.15) is 0 Å². The van der Waals surface area contributed by atoms with Crippen LogP contribution in [0, 0.1) is 0 Å². The molecule has 0 saturated carbocycles. The van der Waals surface area contributed by atoms with E-state index in [0.717, 1.165) is 16.9 Å². The number of carbonyl (C=O) groups excluding carboxylic acids is 1. The van der Waals surface area contributed by atoms with Gasteiger partial charge in [0.15, 0.2) is 0 Å². The number of hydrogen-bond donors (Lipinski definition) is 0. The average Bonchev–Trinajstić information content (AvgIpc) is 2.75. The summed E-state index contributed by atoms with van der Waals surface area (Å²) in [4.78, 5) is 11.8. The number of carbonyl (C=O) groups is 1. The normalized spacial score (nSPS) is 17.5. The summed E-state index contributed by atoms with van der Waals surface area (Å²) < 4.78 is 12.3. The third-order valence-corrected chi connectivity index (χ3v) is 19.0. The van der Waals surface area contributed by atoms with Gasteiger partial charge < -0.3 is 0 Å². The van der Waals surface area contributed by atoms with Gasteiger partial charge in [0.05, 0.1) is 0 Å². The molecule has 0 atom stereocenters. The molecule has 0 saturated heterocycles. The van der Waals surface area contributed by atoms with Gasteiger partial charge in [-0.05, 0) is 0 Å². The maximum absolute atomic E-state index is 11.8. The molecule has 0 aromatic rings. The van der Waals surface area contributed by atoms with Crippen molar-refractivity contribution in [1.82, 2.24) is 0 Å². The number of unbranched alkanes of at least 4 members (excludes halogenated alkanes) is 3. The maximum atomic E-state index is 11.8. The number of allylic oxidation sites excluding steroid dienone is 1. The van der Waals surface area contributed by atoms with E-state index in [1.165, 1.54) is 51.8 Å². The Morgan fingerprint density at radius 3 is 1.64 bits per heavy atom. The van der Waals surface area contributed by atoms with Gasteiger partial charge in [0, 0.05) is 0 Å². The number of rotatable bonds is 10. The van der Waals surface area contributed by atoms with Crippen LogP contribution in [-0.2, 0) is 9.53 Å². The van der Waals surface area contributed by atoms with E-state index in [9.17, 15) is 4.79 Å². The van der Waals surface area contributed by atoms with E-state index in [2.05, 4.69) is 24.9 Å². The van der Waals surface area contributed by atoms with E-state index in [-0.39, 0.29) is 5.97 Å². The standard InChI is InChI=1S/C7H7O2.3C4H9.Sn/c1-4-5(2)7(8)9-6(4)3;3*1-3-4-2;/h3H,1-2H3;3*1,3-4H2,2H3;. The number of esters is 1. The molecule has 0 N–H and O–H groups in total. The van der Waals surface area contributed by atoms with Gasteiger partial charge in [-0.15, -0.1) is 0 Å². The molecule has 3 heteroatoms. The van der Waals surface area contributed by atoms with Gasteiger partial charge in [0.1, 0.15) is 0 Å². The molecule has 0 radical (unpaired) electrons. The fraction of sp³-hybridized carbons (Fsp3) is 0.737. The first-order valence-electron chi connectivity index (χ1n) is 9.12. The van der Waals surface area contributed by atoms with Gasteiger partial charge >= 0.3 is 141 Å². The minimum atomic E-state index is -2.37. The summed E-state index contributed by atoms with van der Waals surface area (Å²) in [5.41, 5.74) is 1.88. The van der Waals surface area contributed by atoms with Crippen molar-refractivity contribution in [3.63, 3.8) is 0 Å². The molecule has 1 heterocycles. The topological polar surface area (TPSA) is 26.3 Å². The first-order chi connectivity index (χ1) is 10.5. The van der Waals surface area contributed by atoms with Crippen molar-refractivity contribution in [1.29, 1.82) is 0 Å². The van der Waals surface area contributed by atoms with Gasteiger partial charge in [0.25, 0.3) is 0 Å². The second-order valence-electron chi connectivity index (χ2n) is 6.82. The van der Waals surface area contributed by atoms with Crippen LogP contribution >= 0.6 is 0 Å². The van der Waals surface area contributed by atoms with Crippen LogP contribution < -0.4 is 0 Å². The van der Waals surface area contributed by atoms with Crippen molar-refractivity contribution in [2.75, 3.05) is 0 Å². The Hall–Kier alpha value is -0.251. The molecule has 126 valence electrons. The first kappa shape index (κ1) is 19.8. The monoisotopic (exact) mass is 414 g/mol. The molecule has 0 amide bonds. The predicted octanol–water partition coefficient (Wildman–Crippen LogP) is 6.15.